The molecule has 0 radical (unpaired) electrons. The molecule has 102 valence electrons. The van der Waals surface area contributed by atoms with Gasteiger partial charge < -0.3 is 23.7 Å². The SMILES string of the molecule is CC1(C)O[C@@H]2[C@H](O1)[C@H]1OC(C)(C)OC1O[C@@H]2C=S. The molecule has 0 spiro atoms. The molecule has 3 rings (SSSR count). The minimum Gasteiger partial charge on any atom is -0.342 e. The summed E-state index contributed by atoms with van der Waals surface area (Å²) in [5.74, 6) is -1.33. The molecule has 5 nitrogen and oxygen atoms in total. The Morgan fingerprint density at radius 1 is 0.833 bits per heavy atom. The summed E-state index contributed by atoms with van der Waals surface area (Å²) in [7, 11) is 0. The molecule has 3 aliphatic heterocycles. The molecule has 0 aliphatic carbocycles. The van der Waals surface area contributed by atoms with Gasteiger partial charge in [0.15, 0.2) is 17.9 Å². The molecule has 0 bridgehead atoms. The maximum atomic E-state index is 5.92. The standard InChI is InChI=1S/C12H18O5S/c1-11(2)14-7-6(5-18)13-10-9(8(7)15-11)16-12(3,4)17-10/h5-10H,1-4H3/t6-,7+,8+,9-,10?/m1/s1. The van der Waals surface area contributed by atoms with E-state index in [0.29, 0.717) is 0 Å². The fourth-order valence-corrected chi connectivity index (χ4v) is 2.97. The molecule has 3 heterocycles. The summed E-state index contributed by atoms with van der Waals surface area (Å²) in [6.07, 6.45) is -1.51. The van der Waals surface area contributed by atoms with E-state index in [4.69, 9.17) is 35.9 Å². The third-order valence-corrected chi connectivity index (χ3v) is 3.59. The second-order valence-corrected chi connectivity index (χ2v) is 6.04. The van der Waals surface area contributed by atoms with Crippen LogP contribution < -0.4 is 0 Å². The van der Waals surface area contributed by atoms with Crippen molar-refractivity contribution in [2.45, 2.75) is 70.0 Å². The van der Waals surface area contributed by atoms with Gasteiger partial charge >= 0.3 is 0 Å². The van der Waals surface area contributed by atoms with Gasteiger partial charge in [-0.1, -0.05) is 12.2 Å². The number of thiocarbonyl (C=S) groups is 1. The van der Waals surface area contributed by atoms with E-state index < -0.39 is 17.9 Å². The molecule has 0 N–H and O–H groups in total. The number of fused-ring (bicyclic) bond motifs is 3. The molecule has 0 amide bonds. The third kappa shape index (κ3) is 2.01. The maximum Gasteiger partial charge on any atom is 0.190 e. The summed E-state index contributed by atoms with van der Waals surface area (Å²) in [6, 6.07) is 0. The van der Waals surface area contributed by atoms with Crippen molar-refractivity contribution in [3.05, 3.63) is 0 Å². The van der Waals surface area contributed by atoms with Gasteiger partial charge in [0.05, 0.1) is 0 Å². The fraction of sp³-hybridized carbons (Fsp3) is 0.917. The van der Waals surface area contributed by atoms with Crippen molar-refractivity contribution < 1.29 is 23.7 Å². The normalized spacial score (nSPS) is 48.6. The van der Waals surface area contributed by atoms with Crippen molar-refractivity contribution in [2.75, 3.05) is 0 Å². The molecule has 0 aromatic carbocycles. The van der Waals surface area contributed by atoms with Gasteiger partial charge in [-0.05, 0) is 27.7 Å². The van der Waals surface area contributed by atoms with E-state index >= 15 is 0 Å². The summed E-state index contributed by atoms with van der Waals surface area (Å²) < 4.78 is 29.1. The Morgan fingerprint density at radius 3 is 2.06 bits per heavy atom. The molecular formula is C12H18O5S. The highest BCUT2D eigenvalue weighted by Gasteiger charge is 2.60. The lowest BCUT2D eigenvalue weighted by molar-refractivity contribution is -0.216. The Balaban J connectivity index is 1.89. The van der Waals surface area contributed by atoms with E-state index in [0.717, 1.165) is 0 Å². The summed E-state index contributed by atoms with van der Waals surface area (Å²) in [4.78, 5) is 0. The molecular weight excluding hydrogens is 256 g/mol. The maximum absolute atomic E-state index is 5.92. The van der Waals surface area contributed by atoms with Gasteiger partial charge in [0.25, 0.3) is 0 Å². The van der Waals surface area contributed by atoms with E-state index in [1.807, 2.05) is 27.7 Å². The van der Waals surface area contributed by atoms with Crippen molar-refractivity contribution in [3.63, 3.8) is 0 Å². The molecule has 0 aromatic heterocycles. The molecule has 18 heavy (non-hydrogen) atoms. The number of rotatable bonds is 1. The van der Waals surface area contributed by atoms with Crippen LogP contribution in [0.1, 0.15) is 27.7 Å². The van der Waals surface area contributed by atoms with Gasteiger partial charge in [0.2, 0.25) is 0 Å². The molecule has 0 aromatic rings. The van der Waals surface area contributed by atoms with Gasteiger partial charge in [0.1, 0.15) is 24.4 Å². The molecule has 3 aliphatic rings. The molecule has 3 fully saturated rings. The van der Waals surface area contributed by atoms with Gasteiger partial charge in [-0.25, -0.2) is 0 Å². The second-order valence-electron chi connectivity index (χ2n) is 5.77. The summed E-state index contributed by atoms with van der Waals surface area (Å²) in [5.41, 5.74) is 0. The Bertz CT molecular complexity index is 369. The minimum atomic E-state index is -0.674. The zero-order valence-corrected chi connectivity index (χ0v) is 11.7. The highest BCUT2D eigenvalue weighted by molar-refractivity contribution is 7.79. The van der Waals surface area contributed by atoms with E-state index in [9.17, 15) is 0 Å². The van der Waals surface area contributed by atoms with Crippen LogP contribution in [-0.4, -0.2) is 47.6 Å². The Morgan fingerprint density at radius 2 is 1.39 bits per heavy atom. The third-order valence-electron chi connectivity index (χ3n) is 3.32. The highest BCUT2D eigenvalue weighted by Crippen LogP contribution is 2.43. The van der Waals surface area contributed by atoms with Crippen molar-refractivity contribution in [3.8, 4) is 0 Å². The topological polar surface area (TPSA) is 46.2 Å². The molecule has 6 heteroatoms. The van der Waals surface area contributed by atoms with Crippen LogP contribution in [0.5, 0.6) is 0 Å². The zero-order valence-electron chi connectivity index (χ0n) is 10.9. The van der Waals surface area contributed by atoms with Gasteiger partial charge in [-0.15, -0.1) is 0 Å². The van der Waals surface area contributed by atoms with E-state index in [2.05, 4.69) is 0 Å². The number of hydrogen-bond donors (Lipinski definition) is 0. The number of hydrogen-bond acceptors (Lipinski definition) is 6. The van der Waals surface area contributed by atoms with Crippen LogP contribution in [0.4, 0.5) is 0 Å². The Hall–Kier alpha value is -0.110. The fourth-order valence-electron chi connectivity index (χ4n) is 2.75. The first-order valence-electron chi connectivity index (χ1n) is 6.13. The predicted octanol–water partition coefficient (Wildman–Crippen LogP) is 1.38. The average Bonchev–Trinajstić information content (AvgIpc) is 2.71. The van der Waals surface area contributed by atoms with Crippen molar-refractivity contribution in [1.82, 2.24) is 0 Å². The first-order valence-corrected chi connectivity index (χ1v) is 6.60. The number of ether oxygens (including phenoxy) is 5. The largest absolute Gasteiger partial charge is 0.342 e. The summed E-state index contributed by atoms with van der Waals surface area (Å²) in [5, 5.41) is 1.56. The lowest BCUT2D eigenvalue weighted by Crippen LogP contribution is -2.55. The Kier molecular flexibility index (Phi) is 2.83. The minimum absolute atomic E-state index is 0.218. The first-order chi connectivity index (χ1) is 8.31. The van der Waals surface area contributed by atoms with Crippen LogP contribution >= 0.6 is 12.2 Å². The van der Waals surface area contributed by atoms with Gasteiger partial charge in [0, 0.05) is 5.37 Å². The molecule has 5 atom stereocenters. The lowest BCUT2D eigenvalue weighted by atomic mass is 10.0. The van der Waals surface area contributed by atoms with E-state index in [1.54, 1.807) is 5.37 Å². The van der Waals surface area contributed by atoms with Gasteiger partial charge in [-0.3, -0.25) is 0 Å². The van der Waals surface area contributed by atoms with Crippen LogP contribution in [0.3, 0.4) is 0 Å². The van der Waals surface area contributed by atoms with Crippen LogP contribution in [0.2, 0.25) is 0 Å². The molecule has 3 saturated heterocycles. The quantitative estimate of drug-likeness (QED) is 0.673. The van der Waals surface area contributed by atoms with E-state index in [1.165, 1.54) is 0 Å². The highest BCUT2D eigenvalue weighted by atomic mass is 32.1. The predicted molar refractivity (Wildman–Crippen MR) is 66.2 cm³/mol. The van der Waals surface area contributed by atoms with Crippen LogP contribution in [0.25, 0.3) is 0 Å². The van der Waals surface area contributed by atoms with Crippen molar-refractivity contribution in [2.24, 2.45) is 0 Å². The monoisotopic (exact) mass is 274 g/mol. The van der Waals surface area contributed by atoms with Gasteiger partial charge in [-0.2, -0.15) is 0 Å². The molecule has 0 saturated carbocycles. The summed E-state index contributed by atoms with van der Waals surface area (Å²) >= 11 is 5.01. The van der Waals surface area contributed by atoms with Crippen LogP contribution in [0.15, 0.2) is 0 Å². The van der Waals surface area contributed by atoms with Crippen molar-refractivity contribution in [1.29, 1.82) is 0 Å². The summed E-state index contributed by atoms with van der Waals surface area (Å²) in [6.45, 7) is 7.47. The van der Waals surface area contributed by atoms with Crippen molar-refractivity contribution >= 4 is 17.6 Å². The zero-order chi connectivity index (χ0) is 13.1. The smallest absolute Gasteiger partial charge is 0.190 e. The second kappa shape index (κ2) is 3.94. The molecule has 1 unspecified atom stereocenters. The van der Waals surface area contributed by atoms with E-state index in [-0.39, 0.29) is 24.4 Å². The van der Waals surface area contributed by atoms with Crippen LogP contribution in [-0.2, 0) is 23.7 Å². The Labute approximate surface area is 112 Å². The lowest BCUT2D eigenvalue weighted by Gasteiger charge is -2.35. The van der Waals surface area contributed by atoms with Crippen LogP contribution in [0, 0.1) is 0 Å². The average molecular weight is 274 g/mol. The first kappa shape index (κ1) is 12.9.